The highest BCUT2D eigenvalue weighted by molar-refractivity contribution is 5.67. The Morgan fingerprint density at radius 3 is 2.60 bits per heavy atom. The van der Waals surface area contributed by atoms with Gasteiger partial charge >= 0.3 is 6.09 Å². The van der Waals surface area contributed by atoms with Gasteiger partial charge in [-0.15, -0.1) is 6.42 Å². The van der Waals surface area contributed by atoms with Gasteiger partial charge in [0.2, 0.25) is 0 Å². The summed E-state index contributed by atoms with van der Waals surface area (Å²) < 4.78 is 5.80. The van der Waals surface area contributed by atoms with Gasteiger partial charge in [-0.25, -0.2) is 4.79 Å². The molecule has 1 amide bonds. The lowest BCUT2D eigenvalue weighted by Crippen LogP contribution is -2.58. The number of piperazine rings is 1. The van der Waals surface area contributed by atoms with Crippen molar-refractivity contribution in [2.45, 2.75) is 6.92 Å². The second-order valence-corrected chi connectivity index (χ2v) is 4.11. The van der Waals surface area contributed by atoms with Crippen molar-refractivity contribution >= 4 is 6.09 Å². The summed E-state index contributed by atoms with van der Waals surface area (Å²) >= 11 is 0. The van der Waals surface area contributed by atoms with E-state index < -0.39 is 0 Å². The summed E-state index contributed by atoms with van der Waals surface area (Å²) in [7, 11) is 2.13. The molecule has 0 spiro atoms. The van der Waals surface area contributed by atoms with Crippen LogP contribution >= 0.6 is 0 Å². The lowest BCUT2D eigenvalue weighted by atomic mass is 10.2. The van der Waals surface area contributed by atoms with Crippen molar-refractivity contribution in [2.75, 3.05) is 46.4 Å². The van der Waals surface area contributed by atoms with E-state index in [-0.39, 0.29) is 6.09 Å². The van der Waals surface area contributed by atoms with Gasteiger partial charge in [-0.3, -0.25) is 4.90 Å². The number of carbonyl (C=O) groups excluding carboxylic acids is 1. The van der Waals surface area contributed by atoms with Crippen LogP contribution in [0.5, 0.6) is 0 Å². The van der Waals surface area contributed by atoms with Crippen LogP contribution in [0.2, 0.25) is 0 Å². The molecule has 1 aliphatic rings. The predicted molar refractivity (Wildman–Crippen MR) is 58.2 cm³/mol. The van der Waals surface area contributed by atoms with Crippen LogP contribution < -0.4 is 0 Å². The summed E-state index contributed by atoms with van der Waals surface area (Å²) in [6, 6.07) is 0. The van der Waals surface area contributed by atoms with Crippen LogP contribution in [-0.4, -0.2) is 61.9 Å². The molecule has 1 saturated heterocycles. The first-order valence-corrected chi connectivity index (χ1v) is 5.30. The van der Waals surface area contributed by atoms with Gasteiger partial charge in [0, 0.05) is 0 Å². The number of rotatable bonds is 2. The third-order valence-corrected chi connectivity index (χ3v) is 2.82. The monoisotopic (exact) mass is 211 g/mol. The molecule has 4 nitrogen and oxygen atoms in total. The van der Waals surface area contributed by atoms with Gasteiger partial charge in [-0.1, -0.05) is 0 Å². The van der Waals surface area contributed by atoms with Crippen LogP contribution in [-0.2, 0) is 4.74 Å². The van der Waals surface area contributed by atoms with Crippen molar-refractivity contribution in [3.05, 3.63) is 0 Å². The Morgan fingerprint density at radius 1 is 1.53 bits per heavy atom. The van der Waals surface area contributed by atoms with Gasteiger partial charge in [0.05, 0.1) is 39.8 Å². The Hall–Kier alpha value is -1.21. The highest BCUT2D eigenvalue weighted by Crippen LogP contribution is 2.10. The van der Waals surface area contributed by atoms with Crippen LogP contribution in [0.1, 0.15) is 6.92 Å². The third-order valence-electron chi connectivity index (χ3n) is 2.82. The van der Waals surface area contributed by atoms with E-state index in [1.165, 1.54) is 0 Å². The summed E-state index contributed by atoms with van der Waals surface area (Å²) in [4.78, 5) is 13.2. The third kappa shape index (κ3) is 3.14. The van der Waals surface area contributed by atoms with Crippen molar-refractivity contribution in [3.63, 3.8) is 0 Å². The molecule has 1 fully saturated rings. The lowest BCUT2D eigenvalue weighted by Gasteiger charge is -2.40. The van der Waals surface area contributed by atoms with E-state index in [1.54, 1.807) is 4.90 Å². The van der Waals surface area contributed by atoms with Gasteiger partial charge in [-0.2, -0.15) is 0 Å². The minimum atomic E-state index is -0.204. The van der Waals surface area contributed by atoms with Crippen molar-refractivity contribution < 1.29 is 14.0 Å². The molecule has 0 unspecified atom stereocenters. The van der Waals surface area contributed by atoms with E-state index in [1.807, 2.05) is 6.92 Å². The smallest absolute Gasteiger partial charge is 0.410 e. The van der Waals surface area contributed by atoms with Crippen molar-refractivity contribution in [1.29, 1.82) is 0 Å². The number of hydrogen-bond acceptors (Lipinski definition) is 2. The molecule has 0 saturated carbocycles. The first-order chi connectivity index (χ1) is 7.11. The zero-order chi connectivity index (χ0) is 11.3. The normalized spacial score (nSPS) is 19.4. The van der Waals surface area contributed by atoms with Gasteiger partial charge in [0.25, 0.3) is 0 Å². The van der Waals surface area contributed by atoms with Crippen LogP contribution in [0, 0.1) is 12.3 Å². The van der Waals surface area contributed by atoms with Crippen LogP contribution in [0.15, 0.2) is 0 Å². The second kappa shape index (κ2) is 5.04. The molecule has 15 heavy (non-hydrogen) atoms. The molecule has 0 aromatic rings. The maximum absolute atomic E-state index is 11.4. The first-order valence-electron chi connectivity index (χ1n) is 5.30. The van der Waals surface area contributed by atoms with Crippen molar-refractivity contribution in [3.8, 4) is 12.3 Å². The fraction of sp³-hybridized carbons (Fsp3) is 0.727. The van der Waals surface area contributed by atoms with E-state index in [0.717, 1.165) is 37.2 Å². The second-order valence-electron chi connectivity index (χ2n) is 4.11. The molecule has 4 heteroatoms. The molecule has 0 aromatic heterocycles. The van der Waals surface area contributed by atoms with E-state index in [0.29, 0.717) is 6.61 Å². The number of terminal acetylenes is 1. The van der Waals surface area contributed by atoms with Gasteiger partial charge in [-0.05, 0) is 12.8 Å². The average Bonchev–Trinajstić information content (AvgIpc) is 2.19. The van der Waals surface area contributed by atoms with Crippen LogP contribution in [0.3, 0.4) is 0 Å². The summed E-state index contributed by atoms with van der Waals surface area (Å²) in [5, 5.41) is 0. The Kier molecular flexibility index (Phi) is 3.98. The fourth-order valence-corrected chi connectivity index (χ4v) is 1.72. The largest absolute Gasteiger partial charge is 0.450 e. The molecule has 0 bridgehead atoms. The van der Waals surface area contributed by atoms with Crippen LogP contribution in [0.4, 0.5) is 4.79 Å². The minimum absolute atomic E-state index is 0.204. The highest BCUT2D eigenvalue weighted by atomic mass is 16.6. The van der Waals surface area contributed by atoms with Gasteiger partial charge in [0.15, 0.2) is 0 Å². The molecule has 1 aliphatic heterocycles. The highest BCUT2D eigenvalue weighted by Gasteiger charge is 2.30. The molecule has 0 aliphatic carbocycles. The number of quaternary nitrogens is 1. The lowest BCUT2D eigenvalue weighted by molar-refractivity contribution is -0.906. The SMILES string of the molecule is C#CC[N+]1(C)CCN(C(=O)OCC)CC1. The number of likely N-dealkylation sites (N-methyl/N-ethyl adjacent to an activating group) is 1. The topological polar surface area (TPSA) is 29.5 Å². The Morgan fingerprint density at radius 2 is 2.13 bits per heavy atom. The maximum atomic E-state index is 11.4. The average molecular weight is 211 g/mol. The molecular weight excluding hydrogens is 192 g/mol. The number of ether oxygens (including phenoxy) is 1. The summed E-state index contributed by atoms with van der Waals surface area (Å²) in [5.41, 5.74) is 0. The summed E-state index contributed by atoms with van der Waals surface area (Å²) in [5.74, 6) is 2.68. The van der Waals surface area contributed by atoms with Gasteiger partial charge in [0.1, 0.15) is 6.54 Å². The van der Waals surface area contributed by atoms with E-state index in [2.05, 4.69) is 13.0 Å². The Balaban J connectivity index is 2.42. The number of amides is 1. The molecule has 1 heterocycles. The van der Waals surface area contributed by atoms with Crippen LogP contribution in [0.25, 0.3) is 0 Å². The van der Waals surface area contributed by atoms with E-state index >= 15 is 0 Å². The maximum Gasteiger partial charge on any atom is 0.410 e. The number of carbonyl (C=O) groups is 1. The number of nitrogens with zero attached hydrogens (tertiary/aromatic N) is 2. The zero-order valence-electron chi connectivity index (χ0n) is 9.53. The molecule has 0 radical (unpaired) electrons. The van der Waals surface area contributed by atoms with Crippen molar-refractivity contribution in [1.82, 2.24) is 4.90 Å². The Labute approximate surface area is 91.4 Å². The molecular formula is C11H19N2O2+. The minimum Gasteiger partial charge on any atom is -0.450 e. The molecule has 1 rings (SSSR count). The quantitative estimate of drug-likeness (QED) is 0.493. The number of hydrogen-bond donors (Lipinski definition) is 0. The molecule has 0 atom stereocenters. The fourth-order valence-electron chi connectivity index (χ4n) is 1.72. The zero-order valence-corrected chi connectivity index (χ0v) is 9.53. The van der Waals surface area contributed by atoms with E-state index in [9.17, 15) is 4.79 Å². The summed E-state index contributed by atoms with van der Waals surface area (Å²) in [6.45, 7) is 6.27. The standard InChI is InChI=1S/C11H19N2O2/c1-4-8-13(3)9-6-12(7-10-13)11(14)15-5-2/h1H,5-10H2,2-3H3/q+1. The first kappa shape index (κ1) is 11.9. The van der Waals surface area contributed by atoms with Gasteiger partial charge < -0.3 is 9.22 Å². The predicted octanol–water partition coefficient (Wildman–Crippen LogP) is 0.538. The van der Waals surface area contributed by atoms with Crippen molar-refractivity contribution in [2.24, 2.45) is 0 Å². The molecule has 84 valence electrons. The summed E-state index contributed by atoms with van der Waals surface area (Å²) in [6.07, 6.45) is 5.11. The molecule has 0 aromatic carbocycles. The van der Waals surface area contributed by atoms with E-state index in [4.69, 9.17) is 11.2 Å². The molecule has 0 N–H and O–H groups in total. The Bertz CT molecular complexity index is 262.